The Balaban J connectivity index is 2.03. The number of nitrogens with zero attached hydrogens (tertiary/aromatic N) is 1. The van der Waals surface area contributed by atoms with Gasteiger partial charge in [0.1, 0.15) is 5.75 Å². The van der Waals surface area contributed by atoms with Gasteiger partial charge in [-0.2, -0.15) is 0 Å². The summed E-state index contributed by atoms with van der Waals surface area (Å²) in [4.78, 5) is 14.5. The summed E-state index contributed by atoms with van der Waals surface area (Å²) in [6, 6.07) is 15.1. The van der Waals surface area contributed by atoms with E-state index >= 15 is 0 Å². The first kappa shape index (κ1) is 17.5. The summed E-state index contributed by atoms with van der Waals surface area (Å²) in [6.07, 6.45) is 0. The second-order valence-corrected chi connectivity index (χ2v) is 6.23. The topological polar surface area (TPSA) is 41.6 Å². The molecule has 0 aliphatic heterocycles. The zero-order chi connectivity index (χ0) is 16.8. The van der Waals surface area contributed by atoms with Crippen molar-refractivity contribution in [1.29, 1.82) is 0 Å². The van der Waals surface area contributed by atoms with Crippen molar-refractivity contribution >= 4 is 27.5 Å². The molecule has 4 nitrogen and oxygen atoms in total. The standard InChI is InChI=1S/C18H21BrN2O2/c1-13(21(2)12-14-8-4-5-9-15(14)19)18(22)20-16-10-6-7-11-17(16)23-3/h4-11,13H,12H2,1-3H3,(H,20,22)/t13-/m0/s1. The number of carbonyl (C=O) groups is 1. The fourth-order valence-electron chi connectivity index (χ4n) is 2.22. The highest BCUT2D eigenvalue weighted by Crippen LogP contribution is 2.24. The number of anilines is 1. The number of hydrogen-bond acceptors (Lipinski definition) is 3. The average Bonchev–Trinajstić information content (AvgIpc) is 2.56. The van der Waals surface area contributed by atoms with Crippen LogP contribution in [0.25, 0.3) is 0 Å². The van der Waals surface area contributed by atoms with Crippen LogP contribution in [0.5, 0.6) is 5.75 Å². The molecule has 0 saturated heterocycles. The number of rotatable bonds is 6. The Morgan fingerprint density at radius 1 is 1.22 bits per heavy atom. The van der Waals surface area contributed by atoms with Crippen molar-refractivity contribution in [1.82, 2.24) is 4.90 Å². The Labute approximate surface area is 145 Å². The van der Waals surface area contributed by atoms with Crippen LogP contribution in [-0.4, -0.2) is 31.0 Å². The number of hydrogen-bond donors (Lipinski definition) is 1. The maximum atomic E-state index is 12.5. The van der Waals surface area contributed by atoms with Crippen molar-refractivity contribution < 1.29 is 9.53 Å². The monoisotopic (exact) mass is 376 g/mol. The highest BCUT2D eigenvalue weighted by molar-refractivity contribution is 9.10. The fourth-order valence-corrected chi connectivity index (χ4v) is 2.63. The van der Waals surface area contributed by atoms with Gasteiger partial charge >= 0.3 is 0 Å². The lowest BCUT2D eigenvalue weighted by molar-refractivity contribution is -0.120. The summed E-state index contributed by atoms with van der Waals surface area (Å²) >= 11 is 3.54. The average molecular weight is 377 g/mol. The van der Waals surface area contributed by atoms with Gasteiger partial charge in [-0.05, 0) is 37.7 Å². The van der Waals surface area contributed by atoms with Crippen molar-refractivity contribution in [3.8, 4) is 5.75 Å². The van der Waals surface area contributed by atoms with Crippen molar-refractivity contribution in [3.63, 3.8) is 0 Å². The molecule has 23 heavy (non-hydrogen) atoms. The SMILES string of the molecule is COc1ccccc1NC(=O)[C@H](C)N(C)Cc1ccccc1Br. The van der Waals surface area contributed by atoms with Crippen LogP contribution >= 0.6 is 15.9 Å². The Morgan fingerprint density at radius 3 is 2.57 bits per heavy atom. The highest BCUT2D eigenvalue weighted by Gasteiger charge is 2.19. The molecule has 0 bridgehead atoms. The first-order chi connectivity index (χ1) is 11.0. The molecule has 5 heteroatoms. The minimum Gasteiger partial charge on any atom is -0.495 e. The van der Waals surface area contributed by atoms with Crippen LogP contribution in [0.3, 0.4) is 0 Å². The van der Waals surface area contributed by atoms with Crippen LogP contribution in [-0.2, 0) is 11.3 Å². The van der Waals surface area contributed by atoms with E-state index in [-0.39, 0.29) is 11.9 Å². The molecule has 1 amide bonds. The lowest BCUT2D eigenvalue weighted by atomic mass is 10.2. The molecular weight excluding hydrogens is 356 g/mol. The minimum absolute atomic E-state index is 0.0657. The van der Waals surface area contributed by atoms with Gasteiger partial charge in [0.25, 0.3) is 0 Å². The van der Waals surface area contributed by atoms with E-state index in [0.29, 0.717) is 18.0 Å². The third kappa shape index (κ3) is 4.56. The first-order valence-corrected chi connectivity index (χ1v) is 8.19. The molecule has 0 aromatic heterocycles. The van der Waals surface area contributed by atoms with E-state index in [4.69, 9.17) is 4.74 Å². The molecule has 0 fully saturated rings. The van der Waals surface area contributed by atoms with Crippen LogP contribution in [0.2, 0.25) is 0 Å². The third-order valence-corrected chi connectivity index (χ3v) is 4.56. The molecule has 2 rings (SSSR count). The van der Waals surface area contributed by atoms with Crippen molar-refractivity contribution in [3.05, 3.63) is 58.6 Å². The number of benzene rings is 2. The third-order valence-electron chi connectivity index (χ3n) is 3.78. The largest absolute Gasteiger partial charge is 0.495 e. The summed E-state index contributed by atoms with van der Waals surface area (Å²) < 4.78 is 6.31. The summed E-state index contributed by atoms with van der Waals surface area (Å²) in [7, 11) is 3.53. The normalized spacial score (nSPS) is 12.0. The highest BCUT2D eigenvalue weighted by atomic mass is 79.9. The van der Waals surface area contributed by atoms with E-state index in [0.717, 1.165) is 10.0 Å². The van der Waals surface area contributed by atoms with Gasteiger partial charge in [0.15, 0.2) is 0 Å². The van der Waals surface area contributed by atoms with Crippen molar-refractivity contribution in [2.24, 2.45) is 0 Å². The summed E-state index contributed by atoms with van der Waals surface area (Å²) in [5.74, 6) is 0.588. The van der Waals surface area contributed by atoms with E-state index in [1.165, 1.54) is 0 Å². The number of para-hydroxylation sites is 2. The molecule has 0 aliphatic carbocycles. The lowest BCUT2D eigenvalue weighted by Crippen LogP contribution is -2.39. The quantitative estimate of drug-likeness (QED) is 0.830. The van der Waals surface area contributed by atoms with Crippen LogP contribution in [0.1, 0.15) is 12.5 Å². The molecule has 0 unspecified atom stereocenters. The number of ether oxygens (including phenoxy) is 1. The predicted octanol–water partition coefficient (Wildman–Crippen LogP) is 3.92. The van der Waals surface area contributed by atoms with E-state index in [2.05, 4.69) is 21.2 Å². The summed E-state index contributed by atoms with van der Waals surface area (Å²) in [5.41, 5.74) is 1.83. The van der Waals surface area contributed by atoms with E-state index in [9.17, 15) is 4.79 Å². The molecule has 0 saturated carbocycles. The van der Waals surface area contributed by atoms with Crippen molar-refractivity contribution in [2.45, 2.75) is 19.5 Å². The van der Waals surface area contributed by atoms with Gasteiger partial charge in [0, 0.05) is 11.0 Å². The van der Waals surface area contributed by atoms with Gasteiger partial charge in [-0.15, -0.1) is 0 Å². The second-order valence-electron chi connectivity index (χ2n) is 5.37. The number of halogens is 1. The van der Waals surface area contributed by atoms with E-state index < -0.39 is 0 Å². The van der Waals surface area contributed by atoms with Gasteiger partial charge in [-0.1, -0.05) is 46.3 Å². The van der Waals surface area contributed by atoms with Gasteiger partial charge in [-0.25, -0.2) is 0 Å². The molecule has 122 valence electrons. The summed E-state index contributed by atoms with van der Waals surface area (Å²) in [5, 5.41) is 2.93. The Kier molecular flexibility index (Phi) is 6.19. The minimum atomic E-state index is -0.271. The molecule has 0 aliphatic rings. The van der Waals surface area contributed by atoms with Crippen LogP contribution in [0.4, 0.5) is 5.69 Å². The second kappa shape index (κ2) is 8.13. The fraction of sp³-hybridized carbons (Fsp3) is 0.278. The first-order valence-electron chi connectivity index (χ1n) is 7.40. The van der Waals surface area contributed by atoms with Gasteiger partial charge in [0.05, 0.1) is 18.8 Å². The number of amides is 1. The predicted molar refractivity (Wildman–Crippen MR) is 96.7 cm³/mol. The van der Waals surface area contributed by atoms with Gasteiger partial charge in [-0.3, -0.25) is 9.69 Å². The molecule has 0 heterocycles. The molecule has 0 spiro atoms. The zero-order valence-electron chi connectivity index (χ0n) is 13.5. The smallest absolute Gasteiger partial charge is 0.241 e. The van der Waals surface area contributed by atoms with E-state index in [1.54, 1.807) is 7.11 Å². The lowest BCUT2D eigenvalue weighted by Gasteiger charge is -2.24. The molecule has 2 aromatic rings. The number of carbonyl (C=O) groups excluding carboxylic acids is 1. The number of nitrogens with one attached hydrogen (secondary N) is 1. The van der Waals surface area contributed by atoms with Gasteiger partial charge in [0.2, 0.25) is 5.91 Å². The molecule has 0 radical (unpaired) electrons. The van der Waals surface area contributed by atoms with Crippen LogP contribution in [0.15, 0.2) is 53.0 Å². The summed E-state index contributed by atoms with van der Waals surface area (Å²) in [6.45, 7) is 2.57. The Bertz CT molecular complexity index is 676. The molecule has 2 aromatic carbocycles. The molecule has 1 N–H and O–H groups in total. The molecular formula is C18H21BrN2O2. The number of likely N-dealkylation sites (N-methyl/N-ethyl adjacent to an activating group) is 1. The Hall–Kier alpha value is -1.85. The maximum Gasteiger partial charge on any atom is 0.241 e. The molecule has 1 atom stereocenters. The van der Waals surface area contributed by atoms with Gasteiger partial charge < -0.3 is 10.1 Å². The van der Waals surface area contributed by atoms with Crippen LogP contribution < -0.4 is 10.1 Å². The van der Waals surface area contributed by atoms with Crippen LogP contribution in [0, 0.1) is 0 Å². The zero-order valence-corrected chi connectivity index (χ0v) is 15.1. The Morgan fingerprint density at radius 2 is 1.87 bits per heavy atom. The van der Waals surface area contributed by atoms with E-state index in [1.807, 2.05) is 67.4 Å². The van der Waals surface area contributed by atoms with Crippen molar-refractivity contribution in [2.75, 3.05) is 19.5 Å². The maximum absolute atomic E-state index is 12.5. The number of methoxy groups -OCH3 is 1.